The number of nitrogens with one attached hydrogen (secondary N) is 1. The van der Waals surface area contributed by atoms with E-state index in [1.807, 2.05) is 31.2 Å². The fourth-order valence-electron chi connectivity index (χ4n) is 2.12. The van der Waals surface area contributed by atoms with Crippen LogP contribution in [0.4, 0.5) is 11.5 Å². The van der Waals surface area contributed by atoms with Gasteiger partial charge in [0.2, 0.25) is 0 Å². The van der Waals surface area contributed by atoms with Crippen LogP contribution < -0.4 is 5.32 Å². The fraction of sp³-hybridized carbons (Fsp3) is 0.0625. The predicted octanol–water partition coefficient (Wildman–Crippen LogP) is 3.84. The van der Waals surface area contributed by atoms with E-state index in [4.69, 9.17) is 16.9 Å². The second-order valence-corrected chi connectivity index (χ2v) is 5.11. The molecule has 0 fully saturated rings. The highest BCUT2D eigenvalue weighted by atomic mass is 35.5. The van der Waals surface area contributed by atoms with Crippen molar-refractivity contribution in [3.05, 3.63) is 65.1 Å². The Labute approximate surface area is 132 Å². The van der Waals surface area contributed by atoms with Crippen molar-refractivity contribution < 1.29 is 0 Å². The lowest BCUT2D eigenvalue weighted by Crippen LogP contribution is -2.01. The van der Waals surface area contributed by atoms with Crippen molar-refractivity contribution >= 4 is 23.1 Å². The molecule has 0 unspecified atom stereocenters. The number of aromatic nitrogens is 3. The van der Waals surface area contributed by atoms with Gasteiger partial charge in [-0.05, 0) is 37.3 Å². The summed E-state index contributed by atoms with van der Waals surface area (Å²) in [4.78, 5) is 4.19. The molecule has 3 aromatic rings. The van der Waals surface area contributed by atoms with Gasteiger partial charge in [0.15, 0.2) is 0 Å². The molecule has 0 radical (unpaired) electrons. The third-order valence-electron chi connectivity index (χ3n) is 3.24. The average Bonchev–Trinajstić information content (AvgIpc) is 2.89. The second kappa shape index (κ2) is 5.88. The molecule has 0 saturated heterocycles. The minimum absolute atomic E-state index is 0.484. The van der Waals surface area contributed by atoms with E-state index in [2.05, 4.69) is 21.5 Å². The van der Waals surface area contributed by atoms with E-state index in [-0.39, 0.29) is 0 Å². The van der Waals surface area contributed by atoms with Gasteiger partial charge >= 0.3 is 0 Å². The number of anilines is 2. The van der Waals surface area contributed by atoms with Crippen molar-refractivity contribution in [1.82, 2.24) is 14.8 Å². The van der Waals surface area contributed by atoms with Crippen LogP contribution >= 0.6 is 11.6 Å². The number of pyridine rings is 1. The molecule has 0 aliphatic rings. The lowest BCUT2D eigenvalue weighted by molar-refractivity contribution is 0.847. The molecule has 108 valence electrons. The maximum absolute atomic E-state index is 9.11. The van der Waals surface area contributed by atoms with Gasteiger partial charge in [-0.15, -0.1) is 0 Å². The maximum atomic E-state index is 9.11. The average molecular weight is 310 g/mol. The molecule has 2 heterocycles. The van der Waals surface area contributed by atoms with Gasteiger partial charge in [0.1, 0.15) is 11.9 Å². The second-order valence-electron chi connectivity index (χ2n) is 4.67. The van der Waals surface area contributed by atoms with E-state index in [0.29, 0.717) is 16.4 Å². The summed E-state index contributed by atoms with van der Waals surface area (Å²) in [5.74, 6) is 0.513. The molecule has 6 heteroatoms. The SMILES string of the molecule is Cc1c(Nc2ncccc2C#N)cnn1-c1cccc(Cl)c1. The molecule has 0 saturated carbocycles. The largest absolute Gasteiger partial charge is 0.336 e. The maximum Gasteiger partial charge on any atom is 0.148 e. The number of halogens is 1. The van der Waals surface area contributed by atoms with Gasteiger partial charge in [-0.25, -0.2) is 9.67 Å². The summed E-state index contributed by atoms with van der Waals surface area (Å²) in [7, 11) is 0. The Morgan fingerprint density at radius 1 is 1.27 bits per heavy atom. The van der Waals surface area contributed by atoms with Gasteiger partial charge in [-0.2, -0.15) is 10.4 Å². The van der Waals surface area contributed by atoms with Crippen LogP contribution in [-0.4, -0.2) is 14.8 Å². The Hall–Kier alpha value is -2.84. The molecule has 0 aliphatic heterocycles. The summed E-state index contributed by atoms with van der Waals surface area (Å²) in [6, 6.07) is 13.0. The van der Waals surface area contributed by atoms with Crippen molar-refractivity contribution in [2.45, 2.75) is 6.92 Å². The number of nitrogens with zero attached hydrogens (tertiary/aromatic N) is 4. The molecule has 0 atom stereocenters. The van der Waals surface area contributed by atoms with Crippen LogP contribution in [0.5, 0.6) is 0 Å². The number of hydrogen-bond acceptors (Lipinski definition) is 4. The van der Waals surface area contributed by atoms with Crippen molar-refractivity contribution in [2.24, 2.45) is 0 Å². The zero-order chi connectivity index (χ0) is 15.5. The highest BCUT2D eigenvalue weighted by Gasteiger charge is 2.11. The Balaban J connectivity index is 1.96. The van der Waals surface area contributed by atoms with Crippen LogP contribution in [0.25, 0.3) is 5.69 Å². The zero-order valence-electron chi connectivity index (χ0n) is 11.8. The van der Waals surface area contributed by atoms with Crippen LogP contribution in [0, 0.1) is 18.3 Å². The number of benzene rings is 1. The first kappa shape index (κ1) is 14.1. The summed E-state index contributed by atoms with van der Waals surface area (Å²) >= 11 is 6.02. The highest BCUT2D eigenvalue weighted by molar-refractivity contribution is 6.30. The van der Waals surface area contributed by atoms with Crippen molar-refractivity contribution in [3.8, 4) is 11.8 Å². The van der Waals surface area contributed by atoms with Crippen LogP contribution in [0.1, 0.15) is 11.3 Å². The van der Waals surface area contributed by atoms with Gasteiger partial charge < -0.3 is 5.32 Å². The van der Waals surface area contributed by atoms with Gasteiger partial charge in [-0.3, -0.25) is 0 Å². The van der Waals surface area contributed by atoms with Crippen LogP contribution in [0.2, 0.25) is 5.02 Å². The molecule has 3 rings (SSSR count). The molecular formula is C16H12ClN5. The minimum atomic E-state index is 0.484. The highest BCUT2D eigenvalue weighted by Crippen LogP contribution is 2.24. The summed E-state index contributed by atoms with van der Waals surface area (Å²) in [5.41, 5.74) is 3.05. The van der Waals surface area contributed by atoms with Gasteiger partial charge in [0, 0.05) is 11.2 Å². The first-order chi connectivity index (χ1) is 10.7. The topological polar surface area (TPSA) is 66.5 Å². The molecular weight excluding hydrogens is 298 g/mol. The normalized spacial score (nSPS) is 10.2. The standard InChI is InChI=1S/C16H12ClN5/c1-11-15(21-16-12(9-18)4-3-7-19-16)10-20-22(11)14-6-2-5-13(17)8-14/h2-8,10H,1H3,(H,19,21). The van der Waals surface area contributed by atoms with Crippen molar-refractivity contribution in [3.63, 3.8) is 0 Å². The first-order valence-electron chi connectivity index (χ1n) is 6.62. The molecule has 22 heavy (non-hydrogen) atoms. The summed E-state index contributed by atoms with van der Waals surface area (Å²) < 4.78 is 1.78. The quantitative estimate of drug-likeness (QED) is 0.798. The smallest absolute Gasteiger partial charge is 0.148 e. The third kappa shape index (κ3) is 2.65. The molecule has 1 N–H and O–H groups in total. The molecule has 0 spiro atoms. The Kier molecular flexibility index (Phi) is 3.77. The van der Waals surface area contributed by atoms with Gasteiger partial charge in [-0.1, -0.05) is 17.7 Å². The first-order valence-corrected chi connectivity index (χ1v) is 6.99. The molecule has 0 bridgehead atoms. The molecule has 0 amide bonds. The third-order valence-corrected chi connectivity index (χ3v) is 3.48. The summed E-state index contributed by atoms with van der Waals surface area (Å²) in [5, 5.41) is 17.3. The Morgan fingerprint density at radius 2 is 2.14 bits per heavy atom. The number of hydrogen-bond donors (Lipinski definition) is 1. The van der Waals surface area contributed by atoms with Gasteiger partial charge in [0.25, 0.3) is 0 Å². The van der Waals surface area contributed by atoms with E-state index >= 15 is 0 Å². The fourth-order valence-corrected chi connectivity index (χ4v) is 2.31. The van der Waals surface area contributed by atoms with E-state index in [9.17, 15) is 0 Å². The monoisotopic (exact) mass is 309 g/mol. The molecule has 5 nitrogen and oxygen atoms in total. The predicted molar refractivity (Wildman–Crippen MR) is 85.5 cm³/mol. The lowest BCUT2D eigenvalue weighted by Gasteiger charge is -2.08. The van der Waals surface area contributed by atoms with E-state index in [0.717, 1.165) is 17.1 Å². The molecule has 2 aromatic heterocycles. The number of nitriles is 1. The van der Waals surface area contributed by atoms with E-state index in [1.54, 1.807) is 29.2 Å². The molecule has 1 aromatic carbocycles. The minimum Gasteiger partial charge on any atom is -0.336 e. The van der Waals surface area contributed by atoms with Crippen molar-refractivity contribution in [1.29, 1.82) is 5.26 Å². The Morgan fingerprint density at radius 3 is 2.91 bits per heavy atom. The summed E-state index contributed by atoms with van der Waals surface area (Å²) in [6.07, 6.45) is 3.34. The number of rotatable bonds is 3. The van der Waals surface area contributed by atoms with Crippen LogP contribution in [0.15, 0.2) is 48.8 Å². The van der Waals surface area contributed by atoms with E-state index in [1.165, 1.54) is 0 Å². The zero-order valence-corrected chi connectivity index (χ0v) is 12.5. The van der Waals surface area contributed by atoms with Gasteiger partial charge in [0.05, 0.1) is 28.8 Å². The molecule has 0 aliphatic carbocycles. The lowest BCUT2D eigenvalue weighted by atomic mass is 10.2. The Bertz CT molecular complexity index is 863. The van der Waals surface area contributed by atoms with Crippen LogP contribution in [-0.2, 0) is 0 Å². The summed E-state index contributed by atoms with van der Waals surface area (Å²) in [6.45, 7) is 1.94. The van der Waals surface area contributed by atoms with E-state index < -0.39 is 0 Å². The van der Waals surface area contributed by atoms with Crippen LogP contribution in [0.3, 0.4) is 0 Å². The van der Waals surface area contributed by atoms with Crippen molar-refractivity contribution in [2.75, 3.05) is 5.32 Å².